The van der Waals surface area contributed by atoms with Crippen molar-refractivity contribution in [3.63, 3.8) is 0 Å². The van der Waals surface area contributed by atoms with E-state index in [-0.39, 0.29) is 0 Å². The normalized spacial score (nSPS) is 11.3. The Hall–Kier alpha value is -1.76. The van der Waals surface area contributed by atoms with E-state index >= 15 is 0 Å². The molecule has 0 bridgehead atoms. The van der Waals surface area contributed by atoms with E-state index in [4.69, 9.17) is 4.74 Å². The summed E-state index contributed by atoms with van der Waals surface area (Å²) in [6, 6.07) is 3.66. The van der Waals surface area contributed by atoms with Gasteiger partial charge in [-0.25, -0.2) is 0 Å². The van der Waals surface area contributed by atoms with Gasteiger partial charge in [0.15, 0.2) is 5.65 Å². The number of fused-ring (bicyclic) bond motifs is 1. The first-order valence-electron chi connectivity index (χ1n) is 6.13. The first-order chi connectivity index (χ1) is 8.75. The van der Waals surface area contributed by atoms with Crippen LogP contribution in [0.3, 0.4) is 0 Å². The molecule has 0 aliphatic rings. The number of ether oxygens (including phenoxy) is 1. The van der Waals surface area contributed by atoms with Gasteiger partial charge in [0, 0.05) is 13.2 Å². The molecular formula is C11H18N6O. The summed E-state index contributed by atoms with van der Waals surface area (Å²) in [6.07, 6.45) is 1.09. The van der Waals surface area contributed by atoms with Crippen molar-refractivity contribution >= 4 is 11.5 Å². The molecule has 0 aliphatic heterocycles. The number of rotatable bonds is 7. The van der Waals surface area contributed by atoms with E-state index in [1.165, 1.54) is 4.63 Å². The van der Waals surface area contributed by atoms with Crippen LogP contribution in [0.4, 0.5) is 5.82 Å². The van der Waals surface area contributed by atoms with Crippen molar-refractivity contribution in [3.05, 3.63) is 12.1 Å². The van der Waals surface area contributed by atoms with Crippen LogP contribution in [-0.4, -0.2) is 45.0 Å². The van der Waals surface area contributed by atoms with Crippen molar-refractivity contribution in [3.8, 4) is 0 Å². The van der Waals surface area contributed by atoms with Gasteiger partial charge < -0.3 is 10.1 Å². The molecule has 0 radical (unpaired) electrons. The fraction of sp³-hybridized carbons (Fsp3) is 0.636. The Balaban J connectivity index is 1.70. The number of tetrazole rings is 1. The van der Waals surface area contributed by atoms with Gasteiger partial charge in [-0.15, -0.1) is 14.8 Å². The molecule has 1 N–H and O–H groups in total. The maximum atomic E-state index is 5.50. The molecule has 7 nitrogen and oxygen atoms in total. The Morgan fingerprint density at radius 3 is 3.06 bits per heavy atom. The second kappa shape index (κ2) is 6.25. The van der Waals surface area contributed by atoms with Gasteiger partial charge in [-0.3, -0.25) is 0 Å². The van der Waals surface area contributed by atoms with Gasteiger partial charge in [-0.05, 0) is 34.9 Å². The van der Waals surface area contributed by atoms with Crippen LogP contribution in [0.5, 0.6) is 0 Å². The highest BCUT2D eigenvalue weighted by atomic mass is 16.5. The van der Waals surface area contributed by atoms with Gasteiger partial charge in [-0.1, -0.05) is 13.8 Å². The maximum Gasteiger partial charge on any atom is 0.200 e. The van der Waals surface area contributed by atoms with Crippen molar-refractivity contribution < 1.29 is 4.74 Å². The highest BCUT2D eigenvalue weighted by molar-refractivity contribution is 5.41. The van der Waals surface area contributed by atoms with Gasteiger partial charge in [0.05, 0.1) is 6.61 Å². The maximum absolute atomic E-state index is 5.50. The van der Waals surface area contributed by atoms with Crippen LogP contribution in [0.1, 0.15) is 20.3 Å². The molecule has 18 heavy (non-hydrogen) atoms. The molecule has 0 saturated heterocycles. The zero-order chi connectivity index (χ0) is 12.8. The molecule has 0 amide bonds. The summed E-state index contributed by atoms with van der Waals surface area (Å²) in [5, 5.41) is 18.4. The first-order valence-corrected chi connectivity index (χ1v) is 6.13. The third-order valence-corrected chi connectivity index (χ3v) is 2.46. The van der Waals surface area contributed by atoms with Gasteiger partial charge >= 0.3 is 0 Å². The average Bonchev–Trinajstić information content (AvgIpc) is 2.80. The predicted molar refractivity (Wildman–Crippen MR) is 67.3 cm³/mol. The third kappa shape index (κ3) is 3.63. The van der Waals surface area contributed by atoms with Crippen molar-refractivity contribution in [2.45, 2.75) is 20.3 Å². The number of nitrogens with zero attached hydrogens (tertiary/aromatic N) is 5. The van der Waals surface area contributed by atoms with Crippen molar-refractivity contribution in [2.75, 3.05) is 25.1 Å². The molecule has 0 atom stereocenters. The van der Waals surface area contributed by atoms with Crippen LogP contribution in [0, 0.1) is 5.92 Å². The zero-order valence-corrected chi connectivity index (χ0v) is 10.7. The summed E-state index contributed by atoms with van der Waals surface area (Å²) in [7, 11) is 0. The standard InChI is InChI=1S/C11H18N6O/c1-9(2)5-7-18-8-6-12-10-3-4-11-13-15-16-17(11)14-10/h3-4,9H,5-8H2,1-2H3,(H,12,14). The van der Waals surface area contributed by atoms with E-state index < -0.39 is 0 Å². The minimum Gasteiger partial charge on any atom is -0.380 e. The quantitative estimate of drug-likeness (QED) is 0.738. The summed E-state index contributed by atoms with van der Waals surface area (Å²) in [4.78, 5) is 0. The van der Waals surface area contributed by atoms with Crippen LogP contribution in [0.2, 0.25) is 0 Å². The summed E-state index contributed by atoms with van der Waals surface area (Å²) < 4.78 is 6.89. The van der Waals surface area contributed by atoms with Gasteiger partial charge in [0.1, 0.15) is 5.82 Å². The van der Waals surface area contributed by atoms with Crippen molar-refractivity contribution in [1.82, 2.24) is 25.3 Å². The molecule has 0 saturated carbocycles. The lowest BCUT2D eigenvalue weighted by Gasteiger charge is -2.07. The zero-order valence-electron chi connectivity index (χ0n) is 10.7. The Morgan fingerprint density at radius 2 is 2.22 bits per heavy atom. The molecule has 0 aliphatic carbocycles. The van der Waals surface area contributed by atoms with Crippen LogP contribution in [0.25, 0.3) is 5.65 Å². The molecule has 0 aromatic carbocycles. The SMILES string of the molecule is CC(C)CCOCCNc1ccc2nnnn2n1. The Labute approximate surface area is 106 Å². The van der Waals surface area contributed by atoms with Crippen LogP contribution in [0.15, 0.2) is 12.1 Å². The van der Waals surface area contributed by atoms with Crippen LogP contribution >= 0.6 is 0 Å². The Bertz CT molecular complexity index is 483. The molecule has 2 aromatic rings. The molecule has 2 rings (SSSR count). The first kappa shape index (κ1) is 12.7. The third-order valence-electron chi connectivity index (χ3n) is 2.46. The topological polar surface area (TPSA) is 77.2 Å². The van der Waals surface area contributed by atoms with Crippen LogP contribution in [-0.2, 0) is 4.74 Å². The molecule has 0 fully saturated rings. The Kier molecular flexibility index (Phi) is 4.40. The molecule has 0 spiro atoms. The van der Waals surface area contributed by atoms with Crippen LogP contribution < -0.4 is 5.32 Å². The predicted octanol–water partition coefficient (Wildman–Crippen LogP) is 0.994. The van der Waals surface area contributed by atoms with E-state index in [1.54, 1.807) is 0 Å². The molecule has 98 valence electrons. The highest BCUT2D eigenvalue weighted by Gasteiger charge is 2.00. The number of hydrogen-bond donors (Lipinski definition) is 1. The number of anilines is 1. The second-order valence-corrected chi connectivity index (χ2v) is 4.47. The van der Waals surface area contributed by atoms with E-state index in [1.807, 2.05) is 12.1 Å². The van der Waals surface area contributed by atoms with E-state index in [0.717, 1.165) is 25.4 Å². The van der Waals surface area contributed by atoms with Gasteiger partial charge in [0.25, 0.3) is 0 Å². The average molecular weight is 250 g/mol. The summed E-state index contributed by atoms with van der Waals surface area (Å²) in [6.45, 7) is 6.57. The largest absolute Gasteiger partial charge is 0.380 e. The Morgan fingerprint density at radius 1 is 1.33 bits per heavy atom. The fourth-order valence-electron chi connectivity index (χ4n) is 1.42. The van der Waals surface area contributed by atoms with Gasteiger partial charge in [0.2, 0.25) is 0 Å². The lowest BCUT2D eigenvalue weighted by atomic mass is 10.1. The molecule has 7 heteroatoms. The van der Waals surface area contributed by atoms with Crippen molar-refractivity contribution in [1.29, 1.82) is 0 Å². The van der Waals surface area contributed by atoms with E-state index in [9.17, 15) is 0 Å². The summed E-state index contributed by atoms with van der Waals surface area (Å²) >= 11 is 0. The molecule has 0 unspecified atom stereocenters. The fourth-order valence-corrected chi connectivity index (χ4v) is 1.42. The van der Waals surface area contributed by atoms with Gasteiger partial charge in [-0.2, -0.15) is 0 Å². The molecular weight excluding hydrogens is 232 g/mol. The summed E-state index contributed by atoms with van der Waals surface area (Å²) in [5.74, 6) is 1.42. The lowest BCUT2D eigenvalue weighted by Crippen LogP contribution is -2.12. The number of hydrogen-bond acceptors (Lipinski definition) is 6. The lowest BCUT2D eigenvalue weighted by molar-refractivity contribution is 0.132. The summed E-state index contributed by atoms with van der Waals surface area (Å²) in [5.41, 5.74) is 0.633. The van der Waals surface area contributed by atoms with E-state index in [2.05, 4.69) is 39.8 Å². The number of aromatic nitrogens is 5. The highest BCUT2D eigenvalue weighted by Crippen LogP contribution is 2.02. The minimum atomic E-state index is 0.633. The second-order valence-electron chi connectivity index (χ2n) is 4.47. The monoisotopic (exact) mass is 250 g/mol. The van der Waals surface area contributed by atoms with Crippen molar-refractivity contribution in [2.24, 2.45) is 5.92 Å². The molecule has 2 aromatic heterocycles. The minimum absolute atomic E-state index is 0.633. The smallest absolute Gasteiger partial charge is 0.200 e. The number of nitrogens with one attached hydrogen (secondary N) is 1. The van der Waals surface area contributed by atoms with E-state index in [0.29, 0.717) is 18.2 Å². The molecule has 2 heterocycles.